The molecule has 4 heterocycles. The lowest BCUT2D eigenvalue weighted by molar-refractivity contribution is -0.160. The van der Waals surface area contributed by atoms with Crippen LogP contribution in [0.4, 0.5) is 4.39 Å². The molecule has 0 saturated heterocycles. The molecule has 0 saturated carbocycles. The molecule has 0 radical (unpaired) electrons. The van der Waals surface area contributed by atoms with Crippen LogP contribution in [0.25, 0.3) is 39.5 Å². The summed E-state index contributed by atoms with van der Waals surface area (Å²) in [5.41, 5.74) is 4.40. The van der Waals surface area contributed by atoms with Crippen molar-refractivity contribution in [2.45, 2.75) is 52.2 Å². The van der Waals surface area contributed by atoms with Crippen LogP contribution in [0.15, 0.2) is 36.5 Å². The summed E-state index contributed by atoms with van der Waals surface area (Å²) >= 11 is 6.20. The van der Waals surface area contributed by atoms with Gasteiger partial charge in [0.1, 0.15) is 5.69 Å². The highest BCUT2D eigenvalue weighted by Gasteiger charge is 2.33. The van der Waals surface area contributed by atoms with Gasteiger partial charge >= 0.3 is 5.97 Å². The van der Waals surface area contributed by atoms with Gasteiger partial charge in [0, 0.05) is 41.0 Å². The number of benzene rings is 2. The van der Waals surface area contributed by atoms with Gasteiger partial charge < -0.3 is 19.1 Å². The largest absolute Gasteiger partial charge is 0.490 e. The molecule has 41 heavy (non-hydrogen) atoms. The van der Waals surface area contributed by atoms with Crippen LogP contribution in [0.3, 0.4) is 0 Å². The summed E-state index contributed by atoms with van der Waals surface area (Å²) in [6.07, 6.45) is 1.48. The normalized spacial score (nSPS) is 14.3. The Bertz CT molecular complexity index is 1860. The first kappa shape index (κ1) is 27.2. The van der Waals surface area contributed by atoms with Crippen molar-refractivity contribution in [2.24, 2.45) is 7.05 Å². The third kappa shape index (κ3) is 4.70. The van der Waals surface area contributed by atoms with Crippen molar-refractivity contribution in [3.8, 4) is 28.5 Å². The standard InChI is InChI=1S/C30H29ClFN5O4/c1-15-17-7-6-10-40-26(17)20(32)12-18(15)25-19(27(29(38)39)41-30(2,3)4)14-33-24-13-22(35-37(24)25)28-34-21-11-16(31)8-9-23(21)36(28)5/h8-9,11-14,27H,6-7,10H2,1-5H3,(H,38,39)/t27-/m0/s1. The van der Waals surface area contributed by atoms with E-state index >= 15 is 4.39 Å². The number of rotatable bonds is 5. The van der Waals surface area contributed by atoms with Crippen LogP contribution in [0, 0.1) is 12.7 Å². The fourth-order valence-electron chi connectivity index (χ4n) is 5.42. The molecule has 212 valence electrons. The number of carboxylic acids is 1. The lowest BCUT2D eigenvalue weighted by Crippen LogP contribution is -2.28. The van der Waals surface area contributed by atoms with Crippen LogP contribution in [-0.4, -0.2) is 47.4 Å². The smallest absolute Gasteiger partial charge is 0.337 e. The molecule has 1 aliphatic heterocycles. The minimum atomic E-state index is -1.39. The maximum Gasteiger partial charge on any atom is 0.337 e. The molecule has 0 fully saturated rings. The molecule has 0 bridgehead atoms. The van der Waals surface area contributed by atoms with E-state index < -0.39 is 23.5 Å². The zero-order chi connectivity index (χ0) is 29.2. The van der Waals surface area contributed by atoms with Crippen molar-refractivity contribution in [3.05, 3.63) is 64.1 Å². The Balaban J connectivity index is 1.65. The molecule has 3 aromatic heterocycles. The molecular weight excluding hydrogens is 549 g/mol. The van der Waals surface area contributed by atoms with Gasteiger partial charge in [-0.3, -0.25) is 0 Å². The minimum Gasteiger partial charge on any atom is -0.490 e. The zero-order valence-electron chi connectivity index (χ0n) is 23.3. The molecule has 5 aromatic rings. The molecule has 2 aromatic carbocycles. The van der Waals surface area contributed by atoms with Gasteiger partial charge in [0.15, 0.2) is 29.1 Å². The van der Waals surface area contributed by atoms with E-state index in [1.165, 1.54) is 12.3 Å². The molecule has 1 aliphatic rings. The lowest BCUT2D eigenvalue weighted by atomic mass is 9.92. The van der Waals surface area contributed by atoms with E-state index in [9.17, 15) is 9.90 Å². The highest BCUT2D eigenvalue weighted by molar-refractivity contribution is 6.31. The summed E-state index contributed by atoms with van der Waals surface area (Å²) in [6, 6.07) is 8.61. The van der Waals surface area contributed by atoms with Crippen molar-refractivity contribution in [2.75, 3.05) is 6.61 Å². The molecule has 1 N–H and O–H groups in total. The summed E-state index contributed by atoms with van der Waals surface area (Å²) in [5, 5.41) is 15.7. The first-order valence-corrected chi connectivity index (χ1v) is 13.7. The number of fused-ring (bicyclic) bond motifs is 3. The van der Waals surface area contributed by atoms with Gasteiger partial charge in [0.05, 0.1) is 28.9 Å². The summed E-state index contributed by atoms with van der Waals surface area (Å²) in [6.45, 7) is 7.66. The average molecular weight is 578 g/mol. The molecule has 11 heteroatoms. The van der Waals surface area contributed by atoms with Crippen LogP contribution in [0.1, 0.15) is 50.0 Å². The fraction of sp³-hybridized carbons (Fsp3) is 0.333. The number of aliphatic carboxylic acids is 1. The summed E-state index contributed by atoms with van der Waals surface area (Å²) in [4.78, 5) is 21.9. The van der Waals surface area contributed by atoms with E-state index in [2.05, 4.69) is 4.98 Å². The third-order valence-electron chi connectivity index (χ3n) is 7.25. The van der Waals surface area contributed by atoms with Crippen LogP contribution >= 0.6 is 11.6 Å². The maximum atomic E-state index is 15.5. The van der Waals surface area contributed by atoms with Crippen LogP contribution in [0.5, 0.6) is 5.75 Å². The Labute approximate surface area is 240 Å². The number of hydrogen-bond acceptors (Lipinski definition) is 6. The number of imidazole rings is 1. The summed E-state index contributed by atoms with van der Waals surface area (Å²) in [7, 11) is 1.88. The first-order valence-electron chi connectivity index (χ1n) is 13.3. The lowest BCUT2D eigenvalue weighted by Gasteiger charge is -2.27. The van der Waals surface area contributed by atoms with Gasteiger partial charge in [0.2, 0.25) is 0 Å². The first-order chi connectivity index (χ1) is 19.4. The summed E-state index contributed by atoms with van der Waals surface area (Å²) in [5.74, 6) is -0.895. The fourth-order valence-corrected chi connectivity index (χ4v) is 5.59. The Morgan fingerprint density at radius 3 is 2.76 bits per heavy atom. The van der Waals surface area contributed by atoms with E-state index in [1.54, 1.807) is 43.5 Å². The van der Waals surface area contributed by atoms with Gasteiger partial charge in [-0.15, -0.1) is 0 Å². The predicted molar refractivity (Wildman–Crippen MR) is 153 cm³/mol. The minimum absolute atomic E-state index is 0.240. The molecule has 0 aliphatic carbocycles. The van der Waals surface area contributed by atoms with Gasteiger partial charge in [0.25, 0.3) is 0 Å². The van der Waals surface area contributed by atoms with Gasteiger partial charge in [-0.1, -0.05) is 11.6 Å². The Morgan fingerprint density at radius 1 is 1.24 bits per heavy atom. The quantitative estimate of drug-likeness (QED) is 0.261. The molecule has 0 spiro atoms. The monoisotopic (exact) mass is 577 g/mol. The van der Waals surface area contributed by atoms with E-state index in [-0.39, 0.29) is 11.3 Å². The van der Waals surface area contributed by atoms with Crippen molar-refractivity contribution < 1.29 is 23.8 Å². The second-order valence-electron chi connectivity index (χ2n) is 11.2. The van der Waals surface area contributed by atoms with Crippen molar-refractivity contribution in [3.63, 3.8) is 0 Å². The Kier molecular flexibility index (Phi) is 6.50. The molecule has 0 unspecified atom stereocenters. The van der Waals surface area contributed by atoms with Gasteiger partial charge in [-0.05, 0) is 70.4 Å². The molecular formula is C30H29ClFN5O4. The molecule has 9 nitrogen and oxygen atoms in total. The number of nitrogens with zero attached hydrogens (tertiary/aromatic N) is 5. The van der Waals surface area contributed by atoms with Crippen LogP contribution in [-0.2, 0) is 23.0 Å². The topological polar surface area (TPSA) is 104 Å². The predicted octanol–water partition coefficient (Wildman–Crippen LogP) is 6.32. The highest BCUT2D eigenvalue weighted by atomic mass is 35.5. The molecule has 1 atom stereocenters. The van der Waals surface area contributed by atoms with Gasteiger partial charge in [-0.2, -0.15) is 5.10 Å². The number of ether oxygens (including phenoxy) is 2. The van der Waals surface area contributed by atoms with E-state index in [0.717, 1.165) is 23.1 Å². The number of aryl methyl sites for hydroxylation is 1. The summed E-state index contributed by atoms with van der Waals surface area (Å²) < 4.78 is 30.6. The van der Waals surface area contributed by atoms with E-state index in [4.69, 9.17) is 31.2 Å². The average Bonchev–Trinajstić information content (AvgIpc) is 3.49. The van der Waals surface area contributed by atoms with Crippen molar-refractivity contribution in [1.82, 2.24) is 24.1 Å². The second-order valence-corrected chi connectivity index (χ2v) is 11.7. The van der Waals surface area contributed by atoms with Crippen molar-refractivity contribution >= 4 is 34.3 Å². The van der Waals surface area contributed by atoms with E-state index in [1.807, 2.05) is 24.6 Å². The number of carboxylic acid groups (broad SMARTS) is 1. The number of carbonyl (C=O) groups is 1. The third-order valence-corrected chi connectivity index (χ3v) is 7.49. The number of aromatic nitrogens is 5. The van der Waals surface area contributed by atoms with Crippen LogP contribution in [0.2, 0.25) is 5.02 Å². The molecule has 0 amide bonds. The Hall–Kier alpha value is -4.02. The van der Waals surface area contributed by atoms with Crippen LogP contribution < -0.4 is 4.74 Å². The SMILES string of the molecule is Cc1c(-c2c([C@H](OC(C)(C)C)C(=O)O)cnc3cc(-c4nc5cc(Cl)ccc5n4C)nn23)cc(F)c2c1CCCO2. The number of halogens is 2. The second kappa shape index (κ2) is 9.81. The van der Waals surface area contributed by atoms with Gasteiger partial charge in [-0.25, -0.2) is 23.7 Å². The van der Waals surface area contributed by atoms with E-state index in [0.29, 0.717) is 52.0 Å². The molecule has 6 rings (SSSR count). The van der Waals surface area contributed by atoms with Crippen molar-refractivity contribution in [1.29, 1.82) is 0 Å². The highest BCUT2D eigenvalue weighted by Crippen LogP contribution is 2.41. The number of hydrogen-bond donors (Lipinski definition) is 1. The maximum absolute atomic E-state index is 15.5. The zero-order valence-corrected chi connectivity index (χ0v) is 24.1. The Morgan fingerprint density at radius 2 is 2.02 bits per heavy atom.